The number of carboxylic acids is 1. The van der Waals surface area contributed by atoms with E-state index in [1.54, 1.807) is 18.4 Å². The van der Waals surface area contributed by atoms with Gasteiger partial charge >= 0.3 is 5.97 Å². The number of furan rings is 1. The maximum absolute atomic E-state index is 12.3. The summed E-state index contributed by atoms with van der Waals surface area (Å²) in [6.07, 6.45) is 1.69. The number of H-pyrrole nitrogens is 1. The lowest BCUT2D eigenvalue weighted by Gasteiger charge is -1.99. The Balaban J connectivity index is 2.14. The van der Waals surface area contributed by atoms with Gasteiger partial charge in [-0.15, -0.1) is 11.3 Å². The minimum absolute atomic E-state index is 0.0656. The van der Waals surface area contributed by atoms with E-state index in [9.17, 15) is 9.59 Å². The smallest absolute Gasteiger partial charge is 0.303 e. The van der Waals surface area contributed by atoms with E-state index in [2.05, 4.69) is 9.97 Å². The molecule has 7 heteroatoms. The predicted octanol–water partition coefficient (Wildman–Crippen LogP) is 2.57. The molecule has 0 saturated carbocycles. The van der Waals surface area contributed by atoms with Crippen LogP contribution in [0.1, 0.15) is 17.1 Å². The SMILES string of the molecule is Cc1sc2nc(CCC(=O)O)[nH]c(=O)c2c1-c1ccco1. The quantitative estimate of drug-likeness (QED) is 0.772. The molecule has 2 N–H and O–H groups in total. The first-order valence-corrected chi connectivity index (χ1v) is 7.16. The van der Waals surface area contributed by atoms with Crippen LogP contribution in [-0.2, 0) is 11.2 Å². The van der Waals surface area contributed by atoms with Gasteiger partial charge in [0.15, 0.2) is 0 Å². The lowest BCUT2D eigenvalue weighted by atomic mass is 10.1. The fraction of sp³-hybridized carbons (Fsp3) is 0.214. The number of aliphatic carboxylic acids is 1. The van der Waals surface area contributed by atoms with E-state index in [1.165, 1.54) is 11.3 Å². The van der Waals surface area contributed by atoms with Gasteiger partial charge in [-0.1, -0.05) is 0 Å². The Labute approximate surface area is 123 Å². The average molecular weight is 304 g/mol. The van der Waals surface area contributed by atoms with Gasteiger partial charge in [0.1, 0.15) is 16.4 Å². The van der Waals surface area contributed by atoms with Gasteiger partial charge < -0.3 is 14.5 Å². The normalized spacial score (nSPS) is 11.1. The molecular weight excluding hydrogens is 292 g/mol. The number of rotatable bonds is 4. The first-order valence-electron chi connectivity index (χ1n) is 6.34. The molecule has 3 heterocycles. The van der Waals surface area contributed by atoms with Crippen LogP contribution in [0.2, 0.25) is 0 Å². The van der Waals surface area contributed by atoms with Crippen molar-refractivity contribution in [1.29, 1.82) is 0 Å². The molecule has 0 unspecified atom stereocenters. The Morgan fingerprint density at radius 1 is 1.52 bits per heavy atom. The molecule has 0 aliphatic rings. The Morgan fingerprint density at radius 2 is 2.33 bits per heavy atom. The van der Waals surface area contributed by atoms with Gasteiger partial charge in [0.05, 0.1) is 18.1 Å². The summed E-state index contributed by atoms with van der Waals surface area (Å²) in [4.78, 5) is 31.5. The van der Waals surface area contributed by atoms with Crippen molar-refractivity contribution < 1.29 is 14.3 Å². The number of nitrogens with one attached hydrogen (secondary N) is 1. The van der Waals surface area contributed by atoms with Crippen molar-refractivity contribution in [2.75, 3.05) is 0 Å². The van der Waals surface area contributed by atoms with Gasteiger partial charge in [-0.3, -0.25) is 9.59 Å². The molecule has 0 spiro atoms. The molecule has 0 atom stereocenters. The molecule has 0 fully saturated rings. The number of aromatic amines is 1. The molecule has 6 nitrogen and oxygen atoms in total. The maximum atomic E-state index is 12.3. The maximum Gasteiger partial charge on any atom is 0.303 e. The zero-order chi connectivity index (χ0) is 15.0. The summed E-state index contributed by atoms with van der Waals surface area (Å²) in [5.41, 5.74) is 0.481. The summed E-state index contributed by atoms with van der Waals surface area (Å²) in [6.45, 7) is 1.90. The van der Waals surface area contributed by atoms with Crippen LogP contribution in [0.5, 0.6) is 0 Å². The number of nitrogens with zero attached hydrogens (tertiary/aromatic N) is 1. The molecule has 3 aromatic rings. The number of thiophene rings is 1. The van der Waals surface area contributed by atoms with E-state index < -0.39 is 5.97 Å². The van der Waals surface area contributed by atoms with E-state index in [0.717, 1.165) is 10.4 Å². The fourth-order valence-electron chi connectivity index (χ4n) is 2.22. The Hall–Kier alpha value is -2.41. The van der Waals surface area contributed by atoms with Crippen LogP contribution < -0.4 is 5.56 Å². The summed E-state index contributed by atoms with van der Waals surface area (Å²) in [5.74, 6) is 0.0999. The Kier molecular flexibility index (Phi) is 3.34. The summed E-state index contributed by atoms with van der Waals surface area (Å²) < 4.78 is 5.38. The molecule has 108 valence electrons. The molecule has 0 aromatic carbocycles. The third kappa shape index (κ3) is 2.47. The van der Waals surface area contributed by atoms with E-state index in [-0.39, 0.29) is 18.4 Å². The minimum Gasteiger partial charge on any atom is -0.481 e. The van der Waals surface area contributed by atoms with Crippen molar-refractivity contribution in [3.63, 3.8) is 0 Å². The first-order chi connectivity index (χ1) is 10.1. The zero-order valence-corrected chi connectivity index (χ0v) is 12.0. The summed E-state index contributed by atoms with van der Waals surface area (Å²) in [5, 5.41) is 9.19. The highest BCUT2D eigenvalue weighted by molar-refractivity contribution is 7.19. The van der Waals surface area contributed by atoms with Crippen molar-refractivity contribution in [1.82, 2.24) is 9.97 Å². The van der Waals surface area contributed by atoms with Gasteiger partial charge in [-0.25, -0.2) is 4.98 Å². The molecule has 3 aromatic heterocycles. The van der Waals surface area contributed by atoms with Crippen molar-refractivity contribution in [3.8, 4) is 11.3 Å². The Bertz CT molecular complexity index is 861. The number of carboxylic acid groups (broad SMARTS) is 1. The molecular formula is C14H12N2O4S. The monoisotopic (exact) mass is 304 g/mol. The van der Waals surface area contributed by atoms with E-state index >= 15 is 0 Å². The lowest BCUT2D eigenvalue weighted by Crippen LogP contribution is -2.12. The highest BCUT2D eigenvalue weighted by Crippen LogP contribution is 2.35. The van der Waals surface area contributed by atoms with Gasteiger partial charge in [0.25, 0.3) is 5.56 Å². The topological polar surface area (TPSA) is 96.2 Å². The first kappa shape index (κ1) is 13.6. The molecule has 0 radical (unpaired) electrons. The third-order valence-electron chi connectivity index (χ3n) is 3.13. The zero-order valence-electron chi connectivity index (χ0n) is 11.2. The van der Waals surface area contributed by atoms with Crippen LogP contribution in [0.4, 0.5) is 0 Å². The van der Waals surface area contributed by atoms with Crippen LogP contribution in [-0.4, -0.2) is 21.0 Å². The molecule has 21 heavy (non-hydrogen) atoms. The highest BCUT2D eigenvalue weighted by atomic mass is 32.1. The van der Waals surface area contributed by atoms with Gasteiger partial charge in [0.2, 0.25) is 0 Å². The number of hydrogen-bond donors (Lipinski definition) is 2. The van der Waals surface area contributed by atoms with Gasteiger partial charge in [-0.05, 0) is 19.1 Å². The average Bonchev–Trinajstić information content (AvgIpc) is 3.02. The largest absolute Gasteiger partial charge is 0.481 e. The number of fused-ring (bicyclic) bond motifs is 1. The number of aromatic nitrogens is 2. The second-order valence-electron chi connectivity index (χ2n) is 4.60. The highest BCUT2D eigenvalue weighted by Gasteiger charge is 2.18. The van der Waals surface area contributed by atoms with Gasteiger partial charge in [0, 0.05) is 16.9 Å². The van der Waals surface area contributed by atoms with Crippen LogP contribution in [0.15, 0.2) is 27.6 Å². The fourth-order valence-corrected chi connectivity index (χ4v) is 3.27. The molecule has 0 aliphatic heterocycles. The van der Waals surface area contributed by atoms with Crippen LogP contribution in [0.25, 0.3) is 21.5 Å². The van der Waals surface area contributed by atoms with Gasteiger partial charge in [-0.2, -0.15) is 0 Å². The van der Waals surface area contributed by atoms with Crippen molar-refractivity contribution in [2.45, 2.75) is 19.8 Å². The minimum atomic E-state index is -0.920. The second kappa shape index (κ2) is 5.17. The second-order valence-corrected chi connectivity index (χ2v) is 5.80. The van der Waals surface area contributed by atoms with Crippen molar-refractivity contribution >= 4 is 27.5 Å². The van der Waals surface area contributed by atoms with E-state index in [1.807, 2.05) is 6.92 Å². The molecule has 3 rings (SSSR count). The standard InChI is InChI=1S/C14H12N2O4S/c1-7-11(8-3-2-6-20-8)12-13(19)15-9(4-5-10(17)18)16-14(12)21-7/h2-3,6H,4-5H2,1H3,(H,17,18)(H,15,16,19). The van der Waals surface area contributed by atoms with Crippen LogP contribution in [0, 0.1) is 6.92 Å². The molecule has 0 saturated heterocycles. The predicted molar refractivity (Wildman–Crippen MR) is 78.6 cm³/mol. The number of carbonyl (C=O) groups is 1. The summed E-state index contributed by atoms with van der Waals surface area (Å²) in [6, 6.07) is 3.56. The van der Waals surface area contributed by atoms with Crippen LogP contribution in [0.3, 0.4) is 0 Å². The molecule has 0 bridgehead atoms. The van der Waals surface area contributed by atoms with E-state index in [4.69, 9.17) is 9.52 Å². The third-order valence-corrected chi connectivity index (χ3v) is 4.13. The van der Waals surface area contributed by atoms with Crippen molar-refractivity contribution in [2.24, 2.45) is 0 Å². The number of hydrogen-bond acceptors (Lipinski definition) is 5. The summed E-state index contributed by atoms with van der Waals surface area (Å²) in [7, 11) is 0. The van der Waals surface area contributed by atoms with Crippen LogP contribution >= 0.6 is 11.3 Å². The number of aryl methyl sites for hydroxylation is 2. The van der Waals surface area contributed by atoms with Crippen molar-refractivity contribution in [3.05, 3.63) is 39.5 Å². The Morgan fingerprint density at radius 3 is 3.00 bits per heavy atom. The molecule has 0 aliphatic carbocycles. The lowest BCUT2D eigenvalue weighted by molar-refractivity contribution is -0.137. The van der Waals surface area contributed by atoms with E-state index in [0.29, 0.717) is 21.8 Å². The summed E-state index contributed by atoms with van der Waals surface area (Å²) >= 11 is 1.40. The molecule has 0 amide bonds.